The highest BCUT2D eigenvalue weighted by Gasteiger charge is 2.24. The van der Waals surface area contributed by atoms with Crippen LogP contribution in [-0.4, -0.2) is 24.7 Å². The summed E-state index contributed by atoms with van der Waals surface area (Å²) in [5.74, 6) is 0. The first-order valence-corrected chi connectivity index (χ1v) is 6.58. The molecule has 0 aromatic heterocycles. The van der Waals surface area contributed by atoms with Crippen molar-refractivity contribution in [1.29, 1.82) is 0 Å². The Bertz CT molecular complexity index is 399. The van der Waals surface area contributed by atoms with Gasteiger partial charge in [0.05, 0.1) is 6.10 Å². The van der Waals surface area contributed by atoms with E-state index in [0.29, 0.717) is 6.54 Å². The second-order valence-corrected chi connectivity index (χ2v) is 5.13. The molecule has 3 rings (SSSR count). The monoisotopic (exact) mass is 232 g/mol. The molecule has 2 aliphatic heterocycles. The van der Waals surface area contributed by atoms with Crippen LogP contribution >= 0.6 is 0 Å². The highest BCUT2D eigenvalue weighted by molar-refractivity contribution is 5.64. The largest absolute Gasteiger partial charge is 0.387 e. The molecule has 1 aromatic carbocycles. The molecule has 0 saturated carbocycles. The third kappa shape index (κ3) is 1.83. The minimum atomic E-state index is -0.506. The van der Waals surface area contributed by atoms with Gasteiger partial charge in [0, 0.05) is 25.3 Å². The van der Waals surface area contributed by atoms with Crippen LogP contribution in [0, 0.1) is 0 Å². The highest BCUT2D eigenvalue weighted by Crippen LogP contribution is 2.37. The molecule has 0 bridgehead atoms. The summed E-state index contributed by atoms with van der Waals surface area (Å²) in [6, 6.07) is 4.32. The Hall–Kier alpha value is -1.06. The molecule has 17 heavy (non-hydrogen) atoms. The average Bonchev–Trinajstić information content (AvgIpc) is 2.38. The summed E-state index contributed by atoms with van der Waals surface area (Å²) in [6.45, 7) is 2.69. The number of nitrogens with zero attached hydrogens (tertiary/aromatic N) is 1. The van der Waals surface area contributed by atoms with Crippen LogP contribution in [0.3, 0.4) is 0 Å². The van der Waals surface area contributed by atoms with Gasteiger partial charge in [-0.2, -0.15) is 0 Å². The smallest absolute Gasteiger partial charge is 0.0912 e. The summed E-state index contributed by atoms with van der Waals surface area (Å²) in [5.41, 5.74) is 10.8. The normalized spacial score (nSPS) is 20.0. The molecular weight excluding hydrogens is 212 g/mol. The number of rotatable bonds is 2. The molecule has 3 N–H and O–H groups in total. The number of aliphatic hydroxyl groups excluding tert-OH is 1. The van der Waals surface area contributed by atoms with Gasteiger partial charge in [0.15, 0.2) is 0 Å². The fourth-order valence-electron chi connectivity index (χ4n) is 3.16. The van der Waals surface area contributed by atoms with Gasteiger partial charge in [-0.05, 0) is 42.4 Å². The van der Waals surface area contributed by atoms with Crippen molar-refractivity contribution >= 4 is 5.69 Å². The molecule has 2 heterocycles. The summed E-state index contributed by atoms with van der Waals surface area (Å²) in [5, 5.41) is 9.90. The first-order chi connectivity index (χ1) is 8.29. The molecule has 1 unspecified atom stereocenters. The molecule has 1 aromatic rings. The van der Waals surface area contributed by atoms with E-state index >= 15 is 0 Å². The molecule has 3 nitrogen and oxygen atoms in total. The maximum atomic E-state index is 9.90. The highest BCUT2D eigenvalue weighted by atomic mass is 16.3. The van der Waals surface area contributed by atoms with Crippen molar-refractivity contribution in [2.24, 2.45) is 5.73 Å². The Morgan fingerprint density at radius 2 is 1.76 bits per heavy atom. The third-order valence-corrected chi connectivity index (χ3v) is 3.96. The zero-order chi connectivity index (χ0) is 11.8. The van der Waals surface area contributed by atoms with Gasteiger partial charge in [-0.15, -0.1) is 0 Å². The molecule has 0 amide bonds. The minimum Gasteiger partial charge on any atom is -0.387 e. The summed E-state index contributed by atoms with van der Waals surface area (Å²) in [6.07, 6.45) is 4.24. The minimum absolute atomic E-state index is 0.307. The lowest BCUT2D eigenvalue weighted by molar-refractivity contribution is 0.186. The van der Waals surface area contributed by atoms with Crippen LogP contribution in [0.4, 0.5) is 5.69 Å². The van der Waals surface area contributed by atoms with E-state index in [2.05, 4.69) is 17.0 Å². The quantitative estimate of drug-likeness (QED) is 0.810. The lowest BCUT2D eigenvalue weighted by atomic mass is 9.89. The van der Waals surface area contributed by atoms with Crippen molar-refractivity contribution < 1.29 is 5.11 Å². The Morgan fingerprint density at radius 1 is 1.18 bits per heavy atom. The van der Waals surface area contributed by atoms with Crippen molar-refractivity contribution in [2.45, 2.75) is 31.8 Å². The fraction of sp³-hybridized carbons (Fsp3) is 0.571. The van der Waals surface area contributed by atoms with Gasteiger partial charge in [0.25, 0.3) is 0 Å². The van der Waals surface area contributed by atoms with Gasteiger partial charge in [-0.25, -0.2) is 0 Å². The van der Waals surface area contributed by atoms with E-state index in [1.54, 1.807) is 0 Å². The number of nitrogens with two attached hydrogens (primary N) is 1. The number of aliphatic hydroxyl groups is 1. The van der Waals surface area contributed by atoms with E-state index in [1.165, 1.54) is 42.7 Å². The second-order valence-electron chi connectivity index (χ2n) is 5.13. The van der Waals surface area contributed by atoms with Crippen LogP contribution in [0.15, 0.2) is 12.1 Å². The Balaban J connectivity index is 2.08. The summed E-state index contributed by atoms with van der Waals surface area (Å²) >= 11 is 0. The van der Waals surface area contributed by atoms with E-state index in [0.717, 1.165) is 18.4 Å². The van der Waals surface area contributed by atoms with E-state index < -0.39 is 6.10 Å². The maximum Gasteiger partial charge on any atom is 0.0912 e. The van der Waals surface area contributed by atoms with Crippen molar-refractivity contribution in [2.75, 3.05) is 24.5 Å². The van der Waals surface area contributed by atoms with Crippen molar-refractivity contribution in [3.05, 3.63) is 28.8 Å². The number of hydrogen-bond donors (Lipinski definition) is 2. The second kappa shape index (κ2) is 4.31. The molecule has 0 spiro atoms. The SMILES string of the molecule is NCC(O)c1cc2c3c(c1)CCCN3CCC2. The number of hydrogen-bond acceptors (Lipinski definition) is 3. The van der Waals surface area contributed by atoms with Crippen LogP contribution in [0.25, 0.3) is 0 Å². The maximum absolute atomic E-state index is 9.90. The lowest BCUT2D eigenvalue weighted by Crippen LogP contribution is -2.34. The number of anilines is 1. The van der Waals surface area contributed by atoms with Crippen LogP contribution in [0.5, 0.6) is 0 Å². The van der Waals surface area contributed by atoms with Crippen LogP contribution < -0.4 is 10.6 Å². The number of aryl methyl sites for hydroxylation is 2. The fourth-order valence-corrected chi connectivity index (χ4v) is 3.16. The Morgan fingerprint density at radius 3 is 2.29 bits per heavy atom. The average molecular weight is 232 g/mol. The molecule has 3 heteroatoms. The van der Waals surface area contributed by atoms with Crippen molar-refractivity contribution in [3.8, 4) is 0 Å². The van der Waals surface area contributed by atoms with Gasteiger partial charge in [-0.1, -0.05) is 12.1 Å². The van der Waals surface area contributed by atoms with Crippen LogP contribution in [-0.2, 0) is 12.8 Å². The molecule has 1 atom stereocenters. The van der Waals surface area contributed by atoms with E-state index in [4.69, 9.17) is 5.73 Å². The summed E-state index contributed by atoms with van der Waals surface area (Å²) in [4.78, 5) is 2.51. The molecular formula is C14H20N2O. The first-order valence-electron chi connectivity index (χ1n) is 6.58. The zero-order valence-corrected chi connectivity index (χ0v) is 10.2. The predicted molar refractivity (Wildman–Crippen MR) is 69.3 cm³/mol. The first kappa shape index (κ1) is 11.1. The topological polar surface area (TPSA) is 49.5 Å². The van der Waals surface area contributed by atoms with Crippen molar-refractivity contribution in [1.82, 2.24) is 0 Å². The lowest BCUT2D eigenvalue weighted by Gasteiger charge is -2.37. The predicted octanol–water partition coefficient (Wildman–Crippen LogP) is 1.38. The Kier molecular flexibility index (Phi) is 2.81. The molecule has 0 aliphatic carbocycles. The van der Waals surface area contributed by atoms with E-state index in [-0.39, 0.29) is 0 Å². The standard InChI is InChI=1S/C14H20N2O/c15-9-13(17)12-7-10-3-1-5-16-6-2-4-11(8-12)14(10)16/h7-8,13,17H,1-6,9,15H2. The van der Waals surface area contributed by atoms with Gasteiger partial charge in [-0.3, -0.25) is 0 Å². The van der Waals surface area contributed by atoms with E-state index in [1.807, 2.05) is 0 Å². The van der Waals surface area contributed by atoms with Gasteiger partial charge >= 0.3 is 0 Å². The zero-order valence-electron chi connectivity index (χ0n) is 10.2. The van der Waals surface area contributed by atoms with Gasteiger partial charge in [0.2, 0.25) is 0 Å². The summed E-state index contributed by atoms with van der Waals surface area (Å²) < 4.78 is 0. The molecule has 92 valence electrons. The Labute approximate surface area is 102 Å². The molecule has 0 fully saturated rings. The van der Waals surface area contributed by atoms with Gasteiger partial charge in [0.1, 0.15) is 0 Å². The molecule has 0 saturated heterocycles. The molecule has 2 aliphatic rings. The summed E-state index contributed by atoms with van der Waals surface area (Å²) in [7, 11) is 0. The van der Waals surface area contributed by atoms with Crippen molar-refractivity contribution in [3.63, 3.8) is 0 Å². The van der Waals surface area contributed by atoms with Crippen LogP contribution in [0.1, 0.15) is 35.6 Å². The van der Waals surface area contributed by atoms with E-state index in [9.17, 15) is 5.11 Å². The number of benzene rings is 1. The van der Waals surface area contributed by atoms with Gasteiger partial charge < -0.3 is 15.7 Å². The van der Waals surface area contributed by atoms with Crippen LogP contribution in [0.2, 0.25) is 0 Å². The molecule has 0 radical (unpaired) electrons. The third-order valence-electron chi connectivity index (χ3n) is 3.96.